The van der Waals surface area contributed by atoms with Crippen LogP contribution in [0.25, 0.3) is 6.08 Å². The van der Waals surface area contributed by atoms with Crippen molar-refractivity contribution in [2.45, 2.75) is 40.2 Å². The van der Waals surface area contributed by atoms with Crippen molar-refractivity contribution < 1.29 is 9.53 Å². The number of hydrogen-bond donors (Lipinski definition) is 1. The molecule has 1 atom stereocenters. The highest BCUT2D eigenvalue weighted by Crippen LogP contribution is 2.30. The molecular weight excluding hydrogens is 348 g/mol. The van der Waals surface area contributed by atoms with Crippen molar-refractivity contribution >= 4 is 23.6 Å². The summed E-state index contributed by atoms with van der Waals surface area (Å²) in [6.07, 6.45) is 6.51. The van der Waals surface area contributed by atoms with Gasteiger partial charge >= 0.3 is 0 Å². The van der Waals surface area contributed by atoms with Crippen molar-refractivity contribution in [2.24, 2.45) is 5.92 Å². The molecule has 0 aliphatic heterocycles. The van der Waals surface area contributed by atoms with Crippen LogP contribution in [-0.2, 0) is 11.2 Å². The van der Waals surface area contributed by atoms with Crippen LogP contribution in [0.5, 0.6) is 11.6 Å². The second-order valence-corrected chi connectivity index (χ2v) is 7.15. The maximum absolute atomic E-state index is 11.0. The third kappa shape index (κ3) is 6.52. The fourth-order valence-electron chi connectivity index (χ4n) is 2.51. The number of ether oxygens (including phenoxy) is 1. The van der Waals surface area contributed by atoms with Crippen LogP contribution in [0, 0.1) is 5.92 Å². The molecule has 1 heterocycles. The van der Waals surface area contributed by atoms with E-state index in [1.165, 1.54) is 12.5 Å². The highest BCUT2D eigenvalue weighted by atomic mass is 35.5. The van der Waals surface area contributed by atoms with E-state index in [0.29, 0.717) is 22.6 Å². The van der Waals surface area contributed by atoms with Crippen LogP contribution >= 0.6 is 11.6 Å². The first kappa shape index (κ1) is 20.0. The van der Waals surface area contributed by atoms with E-state index in [1.807, 2.05) is 43.3 Å². The van der Waals surface area contributed by atoms with E-state index in [9.17, 15) is 4.79 Å². The minimum atomic E-state index is -0.0553. The summed E-state index contributed by atoms with van der Waals surface area (Å²) in [5, 5.41) is 3.38. The van der Waals surface area contributed by atoms with Crippen LogP contribution in [0.3, 0.4) is 0 Å². The predicted molar refractivity (Wildman–Crippen MR) is 107 cm³/mol. The summed E-state index contributed by atoms with van der Waals surface area (Å²) in [7, 11) is 0. The molecule has 0 fully saturated rings. The van der Waals surface area contributed by atoms with Crippen LogP contribution in [0.1, 0.15) is 38.8 Å². The minimum absolute atomic E-state index is 0.0356. The Balaban J connectivity index is 2.01. The minimum Gasteiger partial charge on any atom is -0.437 e. The molecular formula is C21H25ClN2O2. The topological polar surface area (TPSA) is 51.2 Å². The zero-order valence-electron chi connectivity index (χ0n) is 15.6. The summed E-state index contributed by atoms with van der Waals surface area (Å²) in [6, 6.07) is 9.51. The number of nitrogens with zero attached hydrogens (tertiary/aromatic N) is 1. The number of pyridine rings is 1. The molecule has 1 amide bonds. The van der Waals surface area contributed by atoms with Crippen LogP contribution < -0.4 is 10.1 Å². The third-order valence-electron chi connectivity index (χ3n) is 3.62. The predicted octanol–water partition coefficient (Wildman–Crippen LogP) is 5.26. The molecule has 26 heavy (non-hydrogen) atoms. The first-order valence-corrected chi connectivity index (χ1v) is 9.09. The molecule has 0 saturated heterocycles. The summed E-state index contributed by atoms with van der Waals surface area (Å²) < 4.78 is 5.78. The number of aromatic nitrogens is 1. The lowest BCUT2D eigenvalue weighted by Crippen LogP contribution is -2.28. The molecule has 0 saturated carbocycles. The molecule has 1 N–H and O–H groups in total. The average Bonchev–Trinajstić information content (AvgIpc) is 2.55. The van der Waals surface area contributed by atoms with E-state index in [4.69, 9.17) is 16.3 Å². The quantitative estimate of drug-likeness (QED) is 0.720. The van der Waals surface area contributed by atoms with Gasteiger partial charge in [0.2, 0.25) is 11.8 Å². The molecule has 1 aromatic carbocycles. The molecule has 0 radical (unpaired) electrons. The number of rotatable bonds is 7. The Labute approximate surface area is 160 Å². The molecule has 2 rings (SSSR count). The largest absolute Gasteiger partial charge is 0.437 e. The molecule has 0 aliphatic carbocycles. The second kappa shape index (κ2) is 9.39. The maximum Gasteiger partial charge on any atom is 0.219 e. The Hall–Kier alpha value is -2.33. The zero-order valence-corrected chi connectivity index (χ0v) is 16.4. The lowest BCUT2D eigenvalue weighted by atomic mass is 10.0. The van der Waals surface area contributed by atoms with Crippen molar-refractivity contribution in [1.82, 2.24) is 10.3 Å². The fourth-order valence-corrected chi connectivity index (χ4v) is 2.75. The summed E-state index contributed by atoms with van der Waals surface area (Å²) in [4.78, 5) is 15.3. The zero-order chi connectivity index (χ0) is 19.1. The summed E-state index contributed by atoms with van der Waals surface area (Å²) in [5.41, 5.74) is 2.12. The van der Waals surface area contributed by atoms with Gasteiger partial charge in [0.1, 0.15) is 5.75 Å². The number of carbonyl (C=O) groups is 1. The highest BCUT2D eigenvalue weighted by Gasteiger charge is 2.07. The van der Waals surface area contributed by atoms with Gasteiger partial charge in [-0.25, -0.2) is 4.98 Å². The Morgan fingerprint density at radius 2 is 2.04 bits per heavy atom. The lowest BCUT2D eigenvalue weighted by Gasteiger charge is -2.10. The van der Waals surface area contributed by atoms with Gasteiger partial charge in [0, 0.05) is 25.2 Å². The molecule has 4 nitrogen and oxygen atoms in total. The second-order valence-electron chi connectivity index (χ2n) is 6.74. The van der Waals surface area contributed by atoms with Gasteiger partial charge in [0.15, 0.2) is 0 Å². The number of halogens is 1. The van der Waals surface area contributed by atoms with E-state index in [1.54, 1.807) is 12.3 Å². The molecule has 138 valence electrons. The molecule has 1 aromatic heterocycles. The normalized spacial score (nSPS) is 12.4. The van der Waals surface area contributed by atoms with Crippen LogP contribution in [0.4, 0.5) is 0 Å². The van der Waals surface area contributed by atoms with Crippen LogP contribution in [0.15, 0.2) is 42.6 Å². The molecule has 5 heteroatoms. The Morgan fingerprint density at radius 3 is 2.62 bits per heavy atom. The Bertz CT molecular complexity index is 770. The molecule has 2 aromatic rings. The van der Waals surface area contributed by atoms with E-state index >= 15 is 0 Å². The van der Waals surface area contributed by atoms with E-state index < -0.39 is 0 Å². The molecule has 0 aliphatic rings. The van der Waals surface area contributed by atoms with Gasteiger partial charge in [-0.1, -0.05) is 43.7 Å². The maximum atomic E-state index is 11.0. The number of benzene rings is 1. The van der Waals surface area contributed by atoms with Crippen molar-refractivity contribution in [2.75, 3.05) is 0 Å². The fraction of sp³-hybridized carbons (Fsp3) is 0.333. The SMILES string of the molecule is CC(=O)N[C@@H](C)/C=C/c1ccc(Oc2ccc(CC(C)C)cc2Cl)nc1. The average molecular weight is 373 g/mol. The van der Waals surface area contributed by atoms with Gasteiger partial charge in [-0.15, -0.1) is 0 Å². The van der Waals surface area contributed by atoms with Gasteiger partial charge in [-0.05, 0) is 48.6 Å². The lowest BCUT2D eigenvalue weighted by molar-refractivity contribution is -0.119. The van der Waals surface area contributed by atoms with Crippen LogP contribution in [0.2, 0.25) is 5.02 Å². The van der Waals surface area contributed by atoms with E-state index in [0.717, 1.165) is 12.0 Å². The summed E-state index contributed by atoms with van der Waals surface area (Å²) >= 11 is 6.32. The first-order chi connectivity index (χ1) is 12.3. The van der Waals surface area contributed by atoms with Gasteiger partial charge < -0.3 is 10.1 Å². The van der Waals surface area contributed by atoms with Gasteiger partial charge in [0.05, 0.1) is 5.02 Å². The van der Waals surface area contributed by atoms with Gasteiger partial charge in [-0.2, -0.15) is 0 Å². The first-order valence-electron chi connectivity index (χ1n) is 8.71. The number of hydrogen-bond acceptors (Lipinski definition) is 3. The van der Waals surface area contributed by atoms with Gasteiger partial charge in [0.25, 0.3) is 0 Å². The van der Waals surface area contributed by atoms with Crippen LogP contribution in [-0.4, -0.2) is 16.9 Å². The molecule has 0 spiro atoms. The standard InChI is InChI=1S/C21H25ClN2O2/c1-14(2)11-18-7-9-20(19(22)12-18)26-21-10-8-17(13-23-21)6-5-15(3)24-16(4)25/h5-10,12-15H,11H2,1-4H3,(H,24,25)/b6-5+/t15-/m0/s1. The van der Waals surface area contributed by atoms with E-state index in [-0.39, 0.29) is 11.9 Å². The smallest absolute Gasteiger partial charge is 0.219 e. The van der Waals surface area contributed by atoms with Crippen molar-refractivity contribution in [3.05, 3.63) is 58.8 Å². The van der Waals surface area contributed by atoms with E-state index in [2.05, 4.69) is 24.1 Å². The number of nitrogens with one attached hydrogen (secondary N) is 1. The monoisotopic (exact) mass is 372 g/mol. The molecule has 0 unspecified atom stereocenters. The summed E-state index contributed by atoms with van der Waals surface area (Å²) in [5.74, 6) is 1.60. The molecule has 0 bridgehead atoms. The summed E-state index contributed by atoms with van der Waals surface area (Å²) in [6.45, 7) is 7.76. The third-order valence-corrected chi connectivity index (χ3v) is 3.92. The Morgan fingerprint density at radius 1 is 1.27 bits per heavy atom. The van der Waals surface area contributed by atoms with Gasteiger partial charge in [-0.3, -0.25) is 4.79 Å². The number of carbonyl (C=O) groups excluding carboxylic acids is 1. The van der Waals surface area contributed by atoms with Crippen molar-refractivity contribution in [3.8, 4) is 11.6 Å². The Kier molecular flexibility index (Phi) is 7.22. The highest BCUT2D eigenvalue weighted by molar-refractivity contribution is 6.32. The van der Waals surface area contributed by atoms with Crippen molar-refractivity contribution in [1.29, 1.82) is 0 Å². The van der Waals surface area contributed by atoms with Crippen molar-refractivity contribution in [3.63, 3.8) is 0 Å². The number of amides is 1.